The van der Waals surface area contributed by atoms with E-state index in [2.05, 4.69) is 8.37 Å². The van der Waals surface area contributed by atoms with Gasteiger partial charge in [0.05, 0.1) is 14.2 Å². The summed E-state index contributed by atoms with van der Waals surface area (Å²) in [6.45, 7) is 1.63. The molecule has 0 radical (unpaired) electrons. The third kappa shape index (κ3) is 3.39. The van der Waals surface area contributed by atoms with Crippen molar-refractivity contribution >= 4 is 32.0 Å². The Bertz CT molecular complexity index is 321. The van der Waals surface area contributed by atoms with Gasteiger partial charge in [0, 0.05) is 0 Å². The van der Waals surface area contributed by atoms with Crippen molar-refractivity contribution in [2.75, 3.05) is 20.0 Å². The molecule has 0 fully saturated rings. The average molecular weight is 264 g/mol. The molecule has 0 aromatic carbocycles. The Morgan fingerprint density at radius 2 is 1.43 bits per heavy atom. The molecule has 14 heavy (non-hydrogen) atoms. The lowest BCUT2D eigenvalue weighted by Gasteiger charge is -2.13. The van der Waals surface area contributed by atoms with Gasteiger partial charge in [-0.15, -0.1) is 11.8 Å². The second-order valence-corrected chi connectivity index (χ2v) is 7.92. The van der Waals surface area contributed by atoms with E-state index in [1.165, 1.54) is 0 Å². The maximum absolute atomic E-state index is 11.2. The highest BCUT2D eigenvalue weighted by molar-refractivity contribution is 8.24. The van der Waals surface area contributed by atoms with E-state index in [4.69, 9.17) is 0 Å². The fourth-order valence-electron chi connectivity index (χ4n) is 0.604. The fourth-order valence-corrected chi connectivity index (χ4v) is 5.44. The van der Waals surface area contributed by atoms with Gasteiger partial charge in [0.25, 0.3) is 24.2 Å². The summed E-state index contributed by atoms with van der Waals surface area (Å²) in [4.78, 5) is 0. The largest absolute Gasteiger partial charge is 0.296 e. The smallest absolute Gasteiger partial charge is 0.272 e. The van der Waals surface area contributed by atoms with Gasteiger partial charge >= 0.3 is 0 Å². The normalized spacial score (nSPS) is 13.4. The summed E-state index contributed by atoms with van der Waals surface area (Å²) in [6.07, 6.45) is 0. The molecule has 0 rings (SSSR count). The first-order valence-electron chi connectivity index (χ1n) is 3.52. The number of rotatable bonds is 6. The second-order valence-electron chi connectivity index (χ2n) is 2.06. The maximum Gasteiger partial charge on any atom is 0.296 e. The third-order valence-electron chi connectivity index (χ3n) is 1.24. The first kappa shape index (κ1) is 14.2. The summed E-state index contributed by atoms with van der Waals surface area (Å²) < 4.78 is 51.3. The highest BCUT2D eigenvalue weighted by atomic mass is 32.3. The Morgan fingerprint density at radius 1 is 1.07 bits per heavy atom. The maximum atomic E-state index is 11.2. The molecule has 0 saturated carbocycles. The predicted octanol–water partition coefficient (Wildman–Crippen LogP) is -0.0245. The van der Waals surface area contributed by atoms with Gasteiger partial charge in [-0.05, 0) is 5.75 Å². The summed E-state index contributed by atoms with van der Waals surface area (Å²) in [5, 5.41) is 0. The first-order chi connectivity index (χ1) is 6.31. The van der Waals surface area contributed by atoms with Crippen molar-refractivity contribution in [3.05, 3.63) is 0 Å². The Labute approximate surface area is 88.2 Å². The van der Waals surface area contributed by atoms with Crippen molar-refractivity contribution < 1.29 is 25.2 Å². The van der Waals surface area contributed by atoms with E-state index in [-0.39, 0.29) is 0 Å². The van der Waals surface area contributed by atoms with Crippen molar-refractivity contribution in [1.29, 1.82) is 0 Å². The molecular weight excluding hydrogens is 252 g/mol. The van der Waals surface area contributed by atoms with E-state index in [1.807, 2.05) is 0 Å². The Balaban J connectivity index is 5.18. The molecule has 0 heterocycles. The van der Waals surface area contributed by atoms with Crippen LogP contribution in [-0.4, -0.2) is 40.7 Å². The minimum absolute atomic E-state index is 0.315. The van der Waals surface area contributed by atoms with Gasteiger partial charge in [-0.3, -0.25) is 8.37 Å². The monoisotopic (exact) mass is 264 g/mol. The van der Waals surface area contributed by atoms with E-state index >= 15 is 0 Å². The molecule has 0 amide bonds. The standard InChI is InChI=1S/C5H12O6S3/c1-4-12-5(13(6,7)10-2)14(8,9)11-3/h5H,4H2,1-3H3. The summed E-state index contributed by atoms with van der Waals surface area (Å²) >= 11 is 0.714. The molecule has 0 aromatic rings. The molecule has 0 aromatic heterocycles. The lowest BCUT2D eigenvalue weighted by molar-refractivity contribution is 0.384. The molecule has 0 spiro atoms. The molecule has 0 bridgehead atoms. The number of thioether (sulfide) groups is 1. The van der Waals surface area contributed by atoms with E-state index in [0.717, 1.165) is 14.2 Å². The van der Waals surface area contributed by atoms with Gasteiger partial charge in [0.2, 0.25) is 0 Å². The SMILES string of the molecule is CCSC(S(=O)(=O)OC)S(=O)(=O)OC. The van der Waals surface area contributed by atoms with Crippen LogP contribution in [0.5, 0.6) is 0 Å². The van der Waals surface area contributed by atoms with Crippen molar-refractivity contribution in [1.82, 2.24) is 0 Å². The molecule has 0 aliphatic carbocycles. The van der Waals surface area contributed by atoms with Crippen molar-refractivity contribution in [2.45, 2.75) is 10.8 Å². The lowest BCUT2D eigenvalue weighted by atomic mass is 11.0. The van der Waals surface area contributed by atoms with Crippen LogP contribution in [0.2, 0.25) is 0 Å². The zero-order valence-electron chi connectivity index (χ0n) is 7.96. The van der Waals surface area contributed by atoms with Crippen LogP contribution in [0.15, 0.2) is 0 Å². The second kappa shape index (κ2) is 5.31. The van der Waals surface area contributed by atoms with Crippen LogP contribution in [0.4, 0.5) is 0 Å². The van der Waals surface area contributed by atoms with Crippen LogP contribution < -0.4 is 0 Å². The van der Waals surface area contributed by atoms with Crippen LogP contribution in [0.3, 0.4) is 0 Å². The first-order valence-corrected chi connectivity index (χ1v) is 7.51. The van der Waals surface area contributed by atoms with Crippen LogP contribution >= 0.6 is 11.8 Å². The van der Waals surface area contributed by atoms with Crippen molar-refractivity contribution in [2.24, 2.45) is 0 Å². The van der Waals surface area contributed by atoms with Gasteiger partial charge in [0.15, 0.2) is 0 Å². The van der Waals surface area contributed by atoms with Crippen LogP contribution in [-0.2, 0) is 28.6 Å². The van der Waals surface area contributed by atoms with Gasteiger partial charge in [-0.25, -0.2) is 0 Å². The quantitative estimate of drug-likeness (QED) is 0.623. The average Bonchev–Trinajstić information content (AvgIpc) is 2.13. The molecule has 0 unspecified atom stereocenters. The molecule has 6 nitrogen and oxygen atoms in total. The summed E-state index contributed by atoms with van der Waals surface area (Å²) in [5.74, 6) is 0.315. The molecule has 0 atom stereocenters. The van der Waals surface area contributed by atoms with E-state index in [0.29, 0.717) is 17.5 Å². The van der Waals surface area contributed by atoms with Crippen molar-refractivity contribution in [3.8, 4) is 0 Å². The Morgan fingerprint density at radius 3 is 1.64 bits per heavy atom. The molecule has 0 aliphatic rings. The van der Waals surface area contributed by atoms with Crippen LogP contribution in [0.25, 0.3) is 0 Å². The number of hydrogen-bond donors (Lipinski definition) is 0. The molecule has 86 valence electrons. The van der Waals surface area contributed by atoms with Crippen molar-refractivity contribution in [3.63, 3.8) is 0 Å². The van der Waals surface area contributed by atoms with Gasteiger partial charge in [0.1, 0.15) is 0 Å². The highest BCUT2D eigenvalue weighted by Gasteiger charge is 2.38. The van der Waals surface area contributed by atoms with Gasteiger partial charge in [-0.1, -0.05) is 6.92 Å². The molecular formula is C5H12O6S3. The van der Waals surface area contributed by atoms with Crippen LogP contribution in [0.1, 0.15) is 6.92 Å². The highest BCUT2D eigenvalue weighted by Crippen LogP contribution is 2.24. The minimum Gasteiger partial charge on any atom is -0.272 e. The van der Waals surface area contributed by atoms with E-state index < -0.39 is 24.2 Å². The predicted molar refractivity (Wildman–Crippen MR) is 53.8 cm³/mol. The Hall–Kier alpha value is 0.170. The molecule has 0 N–H and O–H groups in total. The number of hydrogen-bond acceptors (Lipinski definition) is 7. The van der Waals surface area contributed by atoms with Gasteiger partial charge in [-0.2, -0.15) is 16.8 Å². The zero-order chi connectivity index (χ0) is 11.4. The lowest BCUT2D eigenvalue weighted by Crippen LogP contribution is -2.29. The van der Waals surface area contributed by atoms with E-state index in [1.54, 1.807) is 6.92 Å². The molecule has 0 saturated heterocycles. The third-order valence-corrected chi connectivity index (χ3v) is 7.36. The van der Waals surface area contributed by atoms with E-state index in [9.17, 15) is 16.8 Å². The summed E-state index contributed by atoms with van der Waals surface area (Å²) in [7, 11) is -6.47. The Kier molecular flexibility index (Phi) is 5.37. The fraction of sp³-hybridized carbons (Fsp3) is 1.00. The zero-order valence-corrected chi connectivity index (χ0v) is 10.4. The summed E-state index contributed by atoms with van der Waals surface area (Å²) in [6, 6.07) is 0. The molecule has 9 heteroatoms. The molecule has 0 aliphatic heterocycles. The topological polar surface area (TPSA) is 86.7 Å². The van der Waals surface area contributed by atoms with Gasteiger partial charge < -0.3 is 0 Å². The minimum atomic E-state index is -4.14. The van der Waals surface area contributed by atoms with Crippen LogP contribution in [0, 0.1) is 0 Å². The summed E-state index contributed by atoms with van der Waals surface area (Å²) in [5.41, 5.74) is 0.